The molecule has 1 N–H and O–H groups in total. The van der Waals surface area contributed by atoms with E-state index in [-0.39, 0.29) is 0 Å². The molecule has 1 aliphatic carbocycles. The predicted molar refractivity (Wildman–Crippen MR) is 76.1 cm³/mol. The maximum Gasteiger partial charge on any atom is 0.0790 e. The van der Waals surface area contributed by atoms with Crippen LogP contribution in [0.15, 0.2) is 35.1 Å². The smallest absolute Gasteiger partial charge is 0.0790 e. The number of nitrogens with zero attached hydrogens (tertiary/aromatic N) is 2. The van der Waals surface area contributed by atoms with E-state index >= 15 is 0 Å². The van der Waals surface area contributed by atoms with Crippen LogP contribution in [0, 0.1) is 0 Å². The van der Waals surface area contributed by atoms with Gasteiger partial charge in [0.25, 0.3) is 0 Å². The van der Waals surface area contributed by atoms with Gasteiger partial charge in [0.05, 0.1) is 16.9 Å². The zero-order valence-electron chi connectivity index (χ0n) is 9.74. The monoisotopic (exact) mass is 325 g/mol. The number of aromatic nitrogens is 2. The zero-order chi connectivity index (χ0) is 12.5. The van der Waals surface area contributed by atoms with Gasteiger partial charge < -0.3 is 5.32 Å². The molecule has 1 fully saturated rings. The highest BCUT2D eigenvalue weighted by molar-refractivity contribution is 9.10. The molecule has 1 aromatic heterocycles. The second-order valence-corrected chi connectivity index (χ2v) is 5.88. The largest absolute Gasteiger partial charge is 0.310 e. The lowest BCUT2D eigenvalue weighted by Gasteiger charge is -2.11. The number of halogens is 2. The highest BCUT2D eigenvalue weighted by atomic mass is 79.9. The Morgan fingerprint density at radius 3 is 2.94 bits per heavy atom. The lowest BCUT2D eigenvalue weighted by atomic mass is 10.2. The molecule has 0 unspecified atom stereocenters. The first-order chi connectivity index (χ1) is 8.72. The van der Waals surface area contributed by atoms with Gasteiger partial charge in [0.15, 0.2) is 0 Å². The van der Waals surface area contributed by atoms with Crippen molar-refractivity contribution in [3.05, 3.63) is 45.7 Å². The molecule has 3 rings (SSSR count). The van der Waals surface area contributed by atoms with Gasteiger partial charge in [0.2, 0.25) is 0 Å². The SMILES string of the molecule is Clc1cnn(-c2ccc(Br)cc2CNC2CC2)c1. The Balaban J connectivity index is 1.91. The van der Waals surface area contributed by atoms with E-state index in [1.807, 2.05) is 16.9 Å². The number of hydrogen-bond donors (Lipinski definition) is 1. The van der Waals surface area contributed by atoms with Crippen molar-refractivity contribution in [2.24, 2.45) is 0 Å². The average molecular weight is 327 g/mol. The Labute approximate surface area is 119 Å². The quantitative estimate of drug-likeness (QED) is 0.931. The summed E-state index contributed by atoms with van der Waals surface area (Å²) in [7, 11) is 0. The Kier molecular flexibility index (Phi) is 3.41. The first kappa shape index (κ1) is 12.2. The van der Waals surface area contributed by atoms with Crippen molar-refractivity contribution in [2.45, 2.75) is 25.4 Å². The third-order valence-electron chi connectivity index (χ3n) is 3.00. The van der Waals surface area contributed by atoms with Crippen molar-refractivity contribution in [2.75, 3.05) is 0 Å². The van der Waals surface area contributed by atoms with Gasteiger partial charge in [-0.05, 0) is 36.6 Å². The van der Waals surface area contributed by atoms with E-state index in [0.717, 1.165) is 16.7 Å². The van der Waals surface area contributed by atoms with E-state index in [1.165, 1.54) is 18.4 Å². The van der Waals surface area contributed by atoms with Crippen LogP contribution in [-0.2, 0) is 6.54 Å². The minimum absolute atomic E-state index is 0.652. The summed E-state index contributed by atoms with van der Waals surface area (Å²) >= 11 is 9.44. The first-order valence-corrected chi connectivity index (χ1v) is 7.12. The summed E-state index contributed by atoms with van der Waals surface area (Å²) < 4.78 is 2.90. The van der Waals surface area contributed by atoms with Gasteiger partial charge in [-0.2, -0.15) is 5.10 Å². The topological polar surface area (TPSA) is 29.9 Å². The van der Waals surface area contributed by atoms with Crippen LogP contribution in [0.1, 0.15) is 18.4 Å². The molecule has 0 aliphatic heterocycles. The molecule has 5 heteroatoms. The van der Waals surface area contributed by atoms with Crippen molar-refractivity contribution in [3.63, 3.8) is 0 Å². The fourth-order valence-electron chi connectivity index (χ4n) is 1.89. The molecule has 18 heavy (non-hydrogen) atoms. The highest BCUT2D eigenvalue weighted by Gasteiger charge is 2.20. The second-order valence-electron chi connectivity index (χ2n) is 4.53. The molecule has 0 amide bonds. The maximum absolute atomic E-state index is 5.92. The van der Waals surface area contributed by atoms with E-state index in [4.69, 9.17) is 11.6 Å². The van der Waals surface area contributed by atoms with Gasteiger partial charge in [-0.25, -0.2) is 4.68 Å². The second kappa shape index (κ2) is 5.03. The van der Waals surface area contributed by atoms with Crippen LogP contribution in [0.3, 0.4) is 0 Å². The fourth-order valence-corrected chi connectivity index (χ4v) is 2.44. The normalized spacial score (nSPS) is 15.0. The molecule has 0 saturated heterocycles. The van der Waals surface area contributed by atoms with Gasteiger partial charge in [-0.15, -0.1) is 0 Å². The van der Waals surface area contributed by atoms with Gasteiger partial charge in [0, 0.05) is 23.3 Å². The summed E-state index contributed by atoms with van der Waals surface area (Å²) in [4.78, 5) is 0. The van der Waals surface area contributed by atoms with Gasteiger partial charge in [-0.1, -0.05) is 27.5 Å². The maximum atomic E-state index is 5.92. The first-order valence-electron chi connectivity index (χ1n) is 5.95. The Morgan fingerprint density at radius 1 is 1.44 bits per heavy atom. The van der Waals surface area contributed by atoms with Crippen LogP contribution in [-0.4, -0.2) is 15.8 Å². The summed E-state index contributed by atoms with van der Waals surface area (Å²) in [6.07, 6.45) is 6.06. The molecule has 94 valence electrons. The third kappa shape index (κ3) is 2.76. The molecule has 0 spiro atoms. The van der Waals surface area contributed by atoms with Crippen molar-refractivity contribution in [3.8, 4) is 5.69 Å². The van der Waals surface area contributed by atoms with Crippen LogP contribution in [0.2, 0.25) is 5.02 Å². The van der Waals surface area contributed by atoms with E-state index in [1.54, 1.807) is 6.20 Å². The number of hydrogen-bond acceptors (Lipinski definition) is 2. The van der Waals surface area contributed by atoms with Crippen LogP contribution in [0.25, 0.3) is 5.69 Å². The number of rotatable bonds is 4. The van der Waals surface area contributed by atoms with Crippen LogP contribution < -0.4 is 5.32 Å². The van der Waals surface area contributed by atoms with Crippen molar-refractivity contribution in [1.82, 2.24) is 15.1 Å². The Morgan fingerprint density at radius 2 is 2.28 bits per heavy atom. The molecule has 0 radical (unpaired) electrons. The lowest BCUT2D eigenvalue weighted by molar-refractivity contribution is 0.681. The predicted octanol–water partition coefficient (Wildman–Crippen LogP) is 3.54. The fraction of sp³-hybridized carbons (Fsp3) is 0.308. The molecular formula is C13H13BrClN3. The van der Waals surface area contributed by atoms with Gasteiger partial charge >= 0.3 is 0 Å². The molecule has 1 aromatic carbocycles. The van der Waals surface area contributed by atoms with Crippen LogP contribution >= 0.6 is 27.5 Å². The summed E-state index contributed by atoms with van der Waals surface area (Å²) in [5, 5.41) is 8.43. The number of nitrogens with one attached hydrogen (secondary N) is 1. The van der Waals surface area contributed by atoms with Crippen LogP contribution in [0.4, 0.5) is 0 Å². The van der Waals surface area contributed by atoms with E-state index in [2.05, 4.69) is 38.5 Å². The zero-order valence-corrected chi connectivity index (χ0v) is 12.1. The number of benzene rings is 1. The molecule has 2 aromatic rings. The van der Waals surface area contributed by atoms with Crippen molar-refractivity contribution in [1.29, 1.82) is 0 Å². The lowest BCUT2D eigenvalue weighted by Crippen LogP contribution is -2.17. The summed E-state index contributed by atoms with van der Waals surface area (Å²) in [5.41, 5.74) is 2.29. The molecule has 0 atom stereocenters. The molecule has 1 saturated carbocycles. The van der Waals surface area contributed by atoms with Gasteiger partial charge in [0.1, 0.15) is 0 Å². The van der Waals surface area contributed by atoms with Gasteiger partial charge in [-0.3, -0.25) is 0 Å². The summed E-state index contributed by atoms with van der Waals surface area (Å²) in [5.74, 6) is 0. The summed E-state index contributed by atoms with van der Waals surface area (Å²) in [6.45, 7) is 0.858. The van der Waals surface area contributed by atoms with E-state index in [0.29, 0.717) is 11.1 Å². The molecule has 1 aliphatic rings. The standard InChI is InChI=1S/C13H13BrClN3/c14-10-1-4-13(18-8-11(15)7-17-18)9(5-10)6-16-12-2-3-12/h1,4-5,7-8,12,16H,2-3,6H2. The minimum atomic E-state index is 0.652. The van der Waals surface area contributed by atoms with Crippen LogP contribution in [0.5, 0.6) is 0 Å². The molecular weight excluding hydrogens is 314 g/mol. The summed E-state index contributed by atoms with van der Waals surface area (Å²) in [6, 6.07) is 6.89. The van der Waals surface area contributed by atoms with E-state index < -0.39 is 0 Å². The average Bonchev–Trinajstić information content (AvgIpc) is 3.08. The molecule has 0 bridgehead atoms. The Bertz CT molecular complexity index is 563. The third-order valence-corrected chi connectivity index (χ3v) is 3.69. The van der Waals surface area contributed by atoms with Crippen molar-refractivity contribution >= 4 is 27.5 Å². The Hall–Kier alpha value is -0.840. The molecule has 1 heterocycles. The highest BCUT2D eigenvalue weighted by Crippen LogP contribution is 2.23. The molecule has 3 nitrogen and oxygen atoms in total. The van der Waals surface area contributed by atoms with Crippen molar-refractivity contribution < 1.29 is 0 Å². The van der Waals surface area contributed by atoms with E-state index in [9.17, 15) is 0 Å². The minimum Gasteiger partial charge on any atom is -0.310 e.